The number of carbonyl (C=O) groups excluding carboxylic acids is 3. The molecule has 12 aromatic rings. The van der Waals surface area contributed by atoms with Crippen LogP contribution in [0.4, 0.5) is 43.4 Å². The van der Waals surface area contributed by atoms with Crippen LogP contribution in [0.3, 0.4) is 0 Å². The van der Waals surface area contributed by atoms with Gasteiger partial charge < -0.3 is 13.7 Å². The van der Waals surface area contributed by atoms with Crippen molar-refractivity contribution in [1.82, 2.24) is 28.7 Å². The molecule has 0 spiro atoms. The fraction of sp³-hybridized carbons (Fsp3) is 0.167. The van der Waals surface area contributed by atoms with Gasteiger partial charge in [0.15, 0.2) is 17.5 Å². The van der Waals surface area contributed by atoms with Gasteiger partial charge in [0.25, 0.3) is 0 Å². The molecule has 554 valence electrons. The van der Waals surface area contributed by atoms with Crippen LogP contribution in [0.2, 0.25) is 15.1 Å². The Hall–Kier alpha value is -9.79. The van der Waals surface area contributed by atoms with Crippen molar-refractivity contribution in [2.45, 2.75) is 60.2 Å². The number of aromatic nitrogens is 6. The SMILES string of the molecule is CCCS(=O)(=O)Nc1ccc(F)c(C(=O)c2cn(COP(=O)(OCn3cc(C(=O)c4c(F)ccc(NS(=O)(=O)CCC)c4F)c4cc(-c5ccc(Cl)cc5)cnc43)OCn3cc(C(=O)c4c(F)ccc(NS(=O)(=O)CCC)c4F)c4cc(-c5ccc(Cl)cc5)cnc43)c3ncc(-c4ccc(Cl)cc4)cc23)c1F. The maximum atomic E-state index is 16.6. The third-order valence-electron chi connectivity index (χ3n) is 16.6. The summed E-state index contributed by atoms with van der Waals surface area (Å²) in [6.45, 7) is 1.52. The first-order chi connectivity index (χ1) is 50.9. The van der Waals surface area contributed by atoms with Gasteiger partial charge in [-0.3, -0.25) is 42.1 Å². The van der Waals surface area contributed by atoms with E-state index in [0.717, 1.165) is 50.5 Å². The predicted molar refractivity (Wildman–Crippen MR) is 394 cm³/mol. The van der Waals surface area contributed by atoms with Crippen molar-refractivity contribution in [3.63, 3.8) is 0 Å². The van der Waals surface area contributed by atoms with E-state index in [2.05, 4.69) is 15.0 Å². The number of phosphoric acid groups is 1. The summed E-state index contributed by atoms with van der Waals surface area (Å²) in [5, 5.41) is 0.687. The lowest BCUT2D eigenvalue weighted by Gasteiger charge is -2.19. The highest BCUT2D eigenvalue weighted by Gasteiger charge is 2.35. The average molecular weight is 1600 g/mol. The summed E-state index contributed by atoms with van der Waals surface area (Å²) >= 11 is 18.7. The minimum Gasteiger partial charge on any atom is -0.307 e. The summed E-state index contributed by atoms with van der Waals surface area (Å²) < 4.78 is 219. The van der Waals surface area contributed by atoms with E-state index in [9.17, 15) is 39.6 Å². The summed E-state index contributed by atoms with van der Waals surface area (Å²) in [6.07, 6.45) is 7.40. The molecule has 6 aromatic carbocycles. The molecule has 6 heterocycles. The Bertz CT molecular complexity index is 5410. The van der Waals surface area contributed by atoms with Crippen LogP contribution < -0.4 is 14.2 Å². The number of halogens is 9. The number of carbonyl (C=O) groups is 3. The Morgan fingerprint density at radius 2 is 0.654 bits per heavy atom. The molecule has 3 N–H and O–H groups in total. The highest BCUT2D eigenvalue weighted by molar-refractivity contribution is 7.93. The van der Waals surface area contributed by atoms with Crippen molar-refractivity contribution >= 4 is 140 Å². The van der Waals surface area contributed by atoms with Crippen LogP contribution in [-0.2, 0) is 68.4 Å². The van der Waals surface area contributed by atoms with E-state index in [1.807, 2.05) is 14.2 Å². The highest BCUT2D eigenvalue weighted by atomic mass is 35.5. The molecule has 0 radical (unpaired) electrons. The summed E-state index contributed by atoms with van der Waals surface area (Å²) in [7, 11) is -18.1. The van der Waals surface area contributed by atoms with Gasteiger partial charge in [0.2, 0.25) is 47.4 Å². The van der Waals surface area contributed by atoms with Gasteiger partial charge in [0.05, 0.1) is 67.7 Å². The van der Waals surface area contributed by atoms with Crippen molar-refractivity contribution in [1.29, 1.82) is 0 Å². The van der Waals surface area contributed by atoms with E-state index in [0.29, 0.717) is 66.6 Å². The molecule has 6 aromatic heterocycles. The molecule has 0 aliphatic carbocycles. The Balaban J connectivity index is 0.993. The van der Waals surface area contributed by atoms with Gasteiger partial charge >= 0.3 is 7.82 Å². The zero-order chi connectivity index (χ0) is 76.6. The van der Waals surface area contributed by atoms with Crippen molar-refractivity contribution in [2.24, 2.45) is 0 Å². The monoisotopic (exact) mass is 1600 g/mol. The van der Waals surface area contributed by atoms with Crippen LogP contribution >= 0.6 is 42.6 Å². The van der Waals surface area contributed by atoms with E-state index in [4.69, 9.17) is 48.4 Å². The second kappa shape index (κ2) is 31.2. The molecule has 22 nitrogen and oxygen atoms in total. The summed E-state index contributed by atoms with van der Waals surface area (Å²) in [5.41, 5.74) is -5.54. The molecule has 107 heavy (non-hydrogen) atoms. The first-order valence-electron chi connectivity index (χ1n) is 32.3. The molecular formula is C72H57Cl3F6N9O13PS3. The van der Waals surface area contributed by atoms with Gasteiger partial charge in [-0.25, -0.2) is 71.1 Å². The summed E-state index contributed by atoms with van der Waals surface area (Å²) in [6, 6.07) is 27.6. The lowest BCUT2D eigenvalue weighted by Crippen LogP contribution is -2.18. The van der Waals surface area contributed by atoms with Crippen molar-refractivity contribution < 1.29 is 84.1 Å². The van der Waals surface area contributed by atoms with Crippen molar-refractivity contribution in [3.8, 4) is 33.4 Å². The molecule has 0 aliphatic heterocycles. The minimum atomic E-state index is -5.49. The predicted octanol–water partition coefficient (Wildman–Crippen LogP) is 17.1. The Morgan fingerprint density at radius 3 is 0.897 bits per heavy atom. The lowest BCUT2D eigenvalue weighted by molar-refractivity contribution is 0.0563. The molecule has 0 bridgehead atoms. The van der Waals surface area contributed by atoms with E-state index in [1.54, 1.807) is 93.6 Å². The number of rotatable bonds is 30. The van der Waals surface area contributed by atoms with E-state index < -0.39 is 178 Å². The quantitative estimate of drug-likeness (QED) is 0.0214. The first kappa shape index (κ1) is 76.8. The van der Waals surface area contributed by atoms with Gasteiger partial charge in [-0.15, -0.1) is 0 Å². The van der Waals surface area contributed by atoms with Gasteiger partial charge in [0, 0.05) is 85.1 Å². The molecule has 0 saturated carbocycles. The molecule has 0 atom stereocenters. The first-order valence-corrected chi connectivity index (χ1v) is 39.8. The fourth-order valence-electron chi connectivity index (χ4n) is 11.6. The molecule has 0 saturated heterocycles. The second-order valence-corrected chi connectivity index (χ2v) is 32.7. The number of nitrogens with one attached hydrogen (secondary N) is 3. The number of benzene rings is 6. The van der Waals surface area contributed by atoms with E-state index in [-0.39, 0.29) is 52.4 Å². The van der Waals surface area contributed by atoms with Crippen LogP contribution in [0.15, 0.2) is 165 Å². The van der Waals surface area contributed by atoms with Crippen molar-refractivity contribution in [2.75, 3.05) is 31.4 Å². The fourth-order valence-corrected chi connectivity index (χ4v) is 16.4. The average Bonchev–Trinajstić information content (AvgIpc) is 1.59. The smallest absolute Gasteiger partial charge is 0.307 e. The third kappa shape index (κ3) is 16.5. The molecule has 0 unspecified atom stereocenters. The largest absolute Gasteiger partial charge is 0.480 e. The van der Waals surface area contributed by atoms with Gasteiger partial charge in [-0.1, -0.05) is 92.0 Å². The molecule has 0 aliphatic rings. The maximum absolute atomic E-state index is 16.6. The Kier molecular flexibility index (Phi) is 22.4. The molecule has 0 amide bonds. The van der Waals surface area contributed by atoms with Crippen LogP contribution in [0.1, 0.15) is 87.8 Å². The van der Waals surface area contributed by atoms with Crippen LogP contribution in [0.5, 0.6) is 0 Å². The molecular weight excluding hydrogens is 1550 g/mol. The number of fused-ring (bicyclic) bond motifs is 3. The topological polar surface area (TPSA) is 288 Å². The number of nitrogens with zero attached hydrogens (tertiary/aromatic N) is 6. The molecule has 12 rings (SSSR count). The second-order valence-electron chi connectivity index (χ2n) is 24.2. The highest BCUT2D eigenvalue weighted by Crippen LogP contribution is 2.52. The number of hydrogen-bond acceptors (Lipinski definition) is 16. The summed E-state index contributed by atoms with van der Waals surface area (Å²) in [4.78, 5) is 58.4. The number of pyridine rings is 3. The van der Waals surface area contributed by atoms with Gasteiger partial charge in [-0.2, -0.15) is 0 Å². The number of anilines is 3. The Labute approximate surface area is 622 Å². The van der Waals surface area contributed by atoms with Crippen LogP contribution in [0, 0.1) is 34.9 Å². The standard InChI is InChI=1S/C72H57Cl3F6N9O13PS3/c1-4-25-105(95,96)85-58-22-19-55(76)61(64(58)79)67(91)52-34-88(70-49(52)28-43(31-82-70)40-7-13-46(73)14-8-40)37-101-104(94,102-38-89-35-53(50-29-44(32-83-71(50)89)41-9-15-47(74)16-10-41)68(92)62-56(77)20-23-59(65(62)80)86-106(97,98)26-5-2)103-39-90-36-54(51-30-45(33-84-72(51)90)42-11-17-48(75)18-12-42)69(93)63-57(78)21-24-60(66(63)81)87-107(99,100)27-6-3/h7-24,28-36,85-87H,4-6,25-27,37-39H2,1-3H3. The number of ketones is 3. The normalized spacial score (nSPS) is 12.2. The van der Waals surface area contributed by atoms with Gasteiger partial charge in [-0.05, 0) is 127 Å². The van der Waals surface area contributed by atoms with Crippen LogP contribution in [0.25, 0.3) is 66.5 Å². The van der Waals surface area contributed by atoms with E-state index in [1.165, 1.54) is 36.8 Å². The van der Waals surface area contributed by atoms with Gasteiger partial charge in [0.1, 0.15) is 54.6 Å². The van der Waals surface area contributed by atoms with E-state index >= 15 is 30.9 Å². The summed E-state index contributed by atoms with van der Waals surface area (Å²) in [5.74, 6) is -14.5. The van der Waals surface area contributed by atoms with Crippen LogP contribution in [-0.4, -0.2) is 88.5 Å². The third-order valence-corrected chi connectivity index (χ3v) is 23.1. The lowest BCUT2D eigenvalue weighted by atomic mass is 10.00. The van der Waals surface area contributed by atoms with Crippen molar-refractivity contribution in [3.05, 3.63) is 248 Å². The number of sulfonamides is 3. The zero-order valence-corrected chi connectivity index (χ0v) is 61.6. The zero-order valence-electron chi connectivity index (χ0n) is 56.0. The maximum Gasteiger partial charge on any atom is 0.480 e. The number of hydrogen-bond donors (Lipinski definition) is 3. The number of phosphoric ester groups is 1. The molecule has 0 fully saturated rings. The molecule has 35 heteroatoms. The Morgan fingerprint density at radius 1 is 0.402 bits per heavy atom. The minimum absolute atomic E-state index is 0.105.